The van der Waals surface area contributed by atoms with E-state index in [1.54, 1.807) is 66.0 Å². The van der Waals surface area contributed by atoms with E-state index in [1.807, 2.05) is 36.4 Å². The van der Waals surface area contributed by atoms with Crippen LogP contribution in [0.25, 0.3) is 22.2 Å². The molecule has 4 amide bonds. The second kappa shape index (κ2) is 16.5. The van der Waals surface area contributed by atoms with Crippen molar-refractivity contribution in [2.24, 2.45) is 11.8 Å². The molecule has 15 heteroatoms. The zero-order chi connectivity index (χ0) is 42.0. The van der Waals surface area contributed by atoms with Gasteiger partial charge in [-0.25, -0.2) is 22.9 Å². The van der Waals surface area contributed by atoms with Crippen LogP contribution in [0.5, 0.6) is 11.5 Å². The molecule has 1 aliphatic heterocycles. The van der Waals surface area contributed by atoms with Gasteiger partial charge in [-0.05, 0) is 57.4 Å². The third-order valence-electron chi connectivity index (χ3n) is 10.1. The zero-order valence-corrected chi connectivity index (χ0v) is 34.2. The van der Waals surface area contributed by atoms with Gasteiger partial charge in [0, 0.05) is 35.4 Å². The van der Waals surface area contributed by atoms with Crippen LogP contribution in [0.1, 0.15) is 47.5 Å². The number of carbonyl (C=O) groups is 4. The fraction of sp³-hybridized carbons (Fsp3) is 0.372. The average molecular weight is 812 g/mol. The van der Waals surface area contributed by atoms with Crippen LogP contribution in [0.2, 0.25) is 0 Å². The van der Waals surface area contributed by atoms with Crippen molar-refractivity contribution < 1.29 is 41.8 Å². The summed E-state index contributed by atoms with van der Waals surface area (Å²) in [6.07, 6.45) is 0.00702. The number of benzene rings is 3. The molecule has 14 nitrogen and oxygen atoms in total. The first-order valence-corrected chi connectivity index (χ1v) is 20.5. The minimum Gasteiger partial charge on any atom is -0.497 e. The lowest BCUT2D eigenvalue weighted by Gasteiger charge is -2.31. The Morgan fingerprint density at radius 2 is 1.66 bits per heavy atom. The topological polar surface area (TPSA) is 182 Å². The van der Waals surface area contributed by atoms with Gasteiger partial charge >= 0.3 is 6.09 Å². The van der Waals surface area contributed by atoms with Crippen molar-refractivity contribution >= 4 is 44.7 Å². The predicted octanol–water partition coefficient (Wildman–Crippen LogP) is 5.37. The summed E-state index contributed by atoms with van der Waals surface area (Å²) in [4.78, 5) is 61.8. The summed E-state index contributed by atoms with van der Waals surface area (Å²) in [6.45, 7) is 12.3. The van der Waals surface area contributed by atoms with E-state index in [-0.39, 0.29) is 24.3 Å². The van der Waals surface area contributed by atoms with Gasteiger partial charge in [0.05, 0.1) is 29.8 Å². The Kier molecular flexibility index (Phi) is 11.8. The van der Waals surface area contributed by atoms with Crippen LogP contribution < -0.4 is 24.8 Å². The van der Waals surface area contributed by atoms with Crippen molar-refractivity contribution in [2.75, 3.05) is 13.7 Å². The number of rotatable bonds is 13. The standard InChI is InChI=1S/C43H49N5O9S/c1-8-28-24-43(28,40(51)47-58(53,54)31-17-13-10-14-18-31)46-38(49)35-22-30(25-48(35)39(50)37(26(2)3)45-41(52)57-42(4,5)6)56-36-23-33(27-15-11-9-12-16-27)44-34-21-29(55-7)19-20-32(34)36/h8-21,23,26,28,30,35,37H,1,22,24-25H2,2-7H3,(H,45,52)(H,46,49)(H,47,51)/t28-,30-,35+,37+,43-/m1/s1. The lowest BCUT2D eigenvalue weighted by Crippen LogP contribution is -2.59. The lowest BCUT2D eigenvalue weighted by molar-refractivity contribution is -0.141. The van der Waals surface area contributed by atoms with Gasteiger partial charge in [0.25, 0.3) is 15.9 Å². The zero-order valence-electron chi connectivity index (χ0n) is 33.4. The molecule has 1 saturated carbocycles. The molecule has 5 atom stereocenters. The molecule has 3 aromatic carbocycles. The molecule has 2 aliphatic rings. The largest absolute Gasteiger partial charge is 0.497 e. The number of fused-ring (bicyclic) bond motifs is 1. The van der Waals surface area contributed by atoms with E-state index in [4.69, 9.17) is 19.2 Å². The van der Waals surface area contributed by atoms with Crippen LogP contribution in [-0.2, 0) is 29.1 Å². The van der Waals surface area contributed by atoms with Gasteiger partial charge in [0.1, 0.15) is 40.8 Å². The number of alkyl carbamates (subject to hydrolysis) is 1. The normalized spacial score (nSPS) is 20.8. The molecule has 4 aromatic rings. The van der Waals surface area contributed by atoms with Gasteiger partial charge in [0.15, 0.2) is 0 Å². The Morgan fingerprint density at radius 3 is 2.26 bits per heavy atom. The first-order chi connectivity index (χ1) is 27.4. The minimum absolute atomic E-state index is 0.00572. The van der Waals surface area contributed by atoms with Crippen molar-refractivity contribution in [1.29, 1.82) is 0 Å². The van der Waals surface area contributed by atoms with Gasteiger partial charge < -0.3 is 29.7 Å². The summed E-state index contributed by atoms with van der Waals surface area (Å²) in [5.41, 5.74) is -0.426. The number of hydrogen-bond acceptors (Lipinski definition) is 10. The molecular weight excluding hydrogens is 763 g/mol. The number of nitrogens with zero attached hydrogens (tertiary/aromatic N) is 2. The van der Waals surface area contributed by atoms with Crippen LogP contribution in [0.3, 0.4) is 0 Å². The van der Waals surface area contributed by atoms with E-state index >= 15 is 0 Å². The Bertz CT molecular complexity index is 2320. The summed E-state index contributed by atoms with van der Waals surface area (Å²) in [6, 6.07) is 21.8. The molecule has 1 aromatic heterocycles. The highest BCUT2D eigenvalue weighted by atomic mass is 32.2. The predicted molar refractivity (Wildman–Crippen MR) is 217 cm³/mol. The van der Waals surface area contributed by atoms with E-state index in [2.05, 4.69) is 21.9 Å². The van der Waals surface area contributed by atoms with E-state index in [1.165, 1.54) is 35.2 Å². The molecule has 2 heterocycles. The molecule has 2 fully saturated rings. The second-order valence-corrected chi connectivity index (χ2v) is 17.5. The van der Waals surface area contributed by atoms with E-state index < -0.39 is 75.0 Å². The first-order valence-electron chi connectivity index (χ1n) is 19.0. The molecule has 6 rings (SSSR count). The molecule has 58 heavy (non-hydrogen) atoms. The number of nitrogens with one attached hydrogen (secondary N) is 3. The monoisotopic (exact) mass is 811 g/mol. The fourth-order valence-electron chi connectivity index (χ4n) is 7.05. The Hall–Kier alpha value is -5.96. The van der Waals surface area contributed by atoms with Crippen molar-refractivity contribution in [1.82, 2.24) is 25.2 Å². The fourth-order valence-corrected chi connectivity index (χ4v) is 8.11. The number of ether oxygens (including phenoxy) is 3. The average Bonchev–Trinajstić information content (AvgIpc) is 3.74. The summed E-state index contributed by atoms with van der Waals surface area (Å²) in [7, 11) is -2.72. The number of methoxy groups -OCH3 is 1. The number of sulfonamides is 1. The van der Waals surface area contributed by atoms with E-state index in [0.29, 0.717) is 28.1 Å². The van der Waals surface area contributed by atoms with Gasteiger partial charge in [-0.3, -0.25) is 14.4 Å². The first kappa shape index (κ1) is 41.7. The molecule has 0 unspecified atom stereocenters. The number of hydrogen-bond donors (Lipinski definition) is 3. The SMILES string of the molecule is C=C[C@@H]1C[C@]1(NC(=O)[C@@H]1C[C@@H](Oc2cc(-c3ccccc3)nc3cc(OC)ccc23)CN1C(=O)[C@@H](NC(=O)OC(C)(C)C)C(C)C)C(=O)NS(=O)(=O)c1ccccc1. The summed E-state index contributed by atoms with van der Waals surface area (Å²) < 4.78 is 46.1. The molecular formula is C43H49N5O9S. The van der Waals surface area contributed by atoms with Gasteiger partial charge in [-0.1, -0.05) is 68.5 Å². The smallest absolute Gasteiger partial charge is 0.408 e. The second-order valence-electron chi connectivity index (χ2n) is 15.9. The maximum absolute atomic E-state index is 14.5. The van der Waals surface area contributed by atoms with Gasteiger partial charge in [-0.15, -0.1) is 6.58 Å². The van der Waals surface area contributed by atoms with Crippen LogP contribution in [-0.4, -0.2) is 85.1 Å². The maximum atomic E-state index is 14.5. The lowest BCUT2D eigenvalue weighted by atomic mass is 10.0. The van der Waals surface area contributed by atoms with Crippen molar-refractivity contribution in [3.8, 4) is 22.8 Å². The highest BCUT2D eigenvalue weighted by molar-refractivity contribution is 7.90. The third-order valence-corrected chi connectivity index (χ3v) is 11.5. The van der Waals surface area contributed by atoms with Crippen molar-refractivity contribution in [2.45, 2.75) is 81.7 Å². The quantitative estimate of drug-likeness (QED) is 0.149. The number of carbonyl (C=O) groups excluding carboxylic acids is 4. The van der Waals surface area contributed by atoms with Crippen LogP contribution in [0.4, 0.5) is 4.79 Å². The molecule has 1 saturated heterocycles. The van der Waals surface area contributed by atoms with Crippen molar-refractivity contribution in [3.63, 3.8) is 0 Å². The summed E-state index contributed by atoms with van der Waals surface area (Å²) in [5.74, 6) is -2.17. The Morgan fingerprint density at radius 1 is 0.983 bits per heavy atom. The Balaban J connectivity index is 1.33. The van der Waals surface area contributed by atoms with E-state index in [9.17, 15) is 27.6 Å². The number of likely N-dealkylation sites (tertiary alicyclic amines) is 1. The highest BCUT2D eigenvalue weighted by Crippen LogP contribution is 2.45. The van der Waals surface area contributed by atoms with Crippen molar-refractivity contribution in [3.05, 3.63) is 97.6 Å². The Labute approximate surface area is 338 Å². The number of pyridine rings is 1. The highest BCUT2D eigenvalue weighted by Gasteiger charge is 2.61. The summed E-state index contributed by atoms with van der Waals surface area (Å²) in [5, 5.41) is 6.14. The molecule has 0 bridgehead atoms. The molecule has 0 radical (unpaired) electrons. The molecule has 1 aliphatic carbocycles. The molecule has 3 N–H and O–H groups in total. The number of amides is 4. The van der Waals surface area contributed by atoms with E-state index in [0.717, 1.165) is 5.56 Å². The molecule has 0 spiro atoms. The van der Waals surface area contributed by atoms with Crippen LogP contribution >= 0.6 is 0 Å². The third kappa shape index (κ3) is 9.09. The number of aromatic nitrogens is 1. The summed E-state index contributed by atoms with van der Waals surface area (Å²) >= 11 is 0. The van der Waals surface area contributed by atoms with Crippen LogP contribution in [0, 0.1) is 11.8 Å². The van der Waals surface area contributed by atoms with Gasteiger partial charge in [0.2, 0.25) is 11.8 Å². The van der Waals surface area contributed by atoms with Gasteiger partial charge in [-0.2, -0.15) is 0 Å². The van der Waals surface area contributed by atoms with Crippen LogP contribution in [0.15, 0.2) is 102 Å². The molecule has 306 valence electrons. The minimum atomic E-state index is -4.28. The maximum Gasteiger partial charge on any atom is 0.408 e.